The quantitative estimate of drug-likeness (QED) is 0.598. The maximum Gasteiger partial charge on any atom is 0.188 e. The van der Waals surface area contributed by atoms with Crippen LogP contribution in [-0.4, -0.2) is 23.5 Å². The Bertz CT molecular complexity index is 613. The van der Waals surface area contributed by atoms with Crippen molar-refractivity contribution in [3.63, 3.8) is 0 Å². The largest absolute Gasteiger partial charge is 0.370 e. The van der Waals surface area contributed by atoms with Gasteiger partial charge in [0.05, 0.1) is 0 Å². The van der Waals surface area contributed by atoms with Crippen LogP contribution in [0.1, 0.15) is 18.4 Å². The molecule has 0 radical (unpaired) electrons. The van der Waals surface area contributed by atoms with Crippen molar-refractivity contribution < 1.29 is 0 Å². The van der Waals surface area contributed by atoms with Crippen LogP contribution in [0.4, 0.5) is 0 Å². The lowest BCUT2D eigenvalue weighted by molar-refractivity contribution is 0.871. The molecular weight excluding hydrogens is 304 g/mol. The molecule has 0 saturated heterocycles. The highest BCUT2D eigenvalue weighted by molar-refractivity contribution is 9.10. The fourth-order valence-corrected chi connectivity index (χ4v) is 2.50. The molecule has 0 bridgehead atoms. The van der Waals surface area contributed by atoms with Crippen molar-refractivity contribution in [2.45, 2.75) is 25.3 Å². The Labute approximate surface area is 120 Å². The predicted octanol–water partition coefficient (Wildman–Crippen LogP) is 2.54. The van der Waals surface area contributed by atoms with Gasteiger partial charge in [-0.1, -0.05) is 15.9 Å². The molecule has 19 heavy (non-hydrogen) atoms. The number of fused-ring (bicyclic) bond motifs is 1. The highest BCUT2D eigenvalue weighted by Gasteiger charge is 2.21. The lowest BCUT2D eigenvalue weighted by Gasteiger charge is -2.02. The van der Waals surface area contributed by atoms with E-state index in [4.69, 9.17) is 5.73 Å². The van der Waals surface area contributed by atoms with E-state index in [0.29, 0.717) is 18.5 Å². The van der Waals surface area contributed by atoms with Gasteiger partial charge in [0.25, 0.3) is 0 Å². The van der Waals surface area contributed by atoms with Crippen LogP contribution in [0.3, 0.4) is 0 Å². The van der Waals surface area contributed by atoms with Gasteiger partial charge in [-0.3, -0.25) is 4.99 Å². The number of aromatic amines is 1. The molecule has 0 spiro atoms. The Hall–Kier alpha value is -1.49. The van der Waals surface area contributed by atoms with Gasteiger partial charge in [0.2, 0.25) is 0 Å². The first-order valence-electron chi connectivity index (χ1n) is 6.54. The number of nitrogens with one attached hydrogen (secondary N) is 2. The van der Waals surface area contributed by atoms with Gasteiger partial charge in [-0.2, -0.15) is 0 Å². The minimum absolute atomic E-state index is 0.563. The van der Waals surface area contributed by atoms with Crippen LogP contribution < -0.4 is 11.1 Å². The van der Waals surface area contributed by atoms with Crippen LogP contribution in [0.2, 0.25) is 0 Å². The minimum atomic E-state index is 0.563. The third-order valence-electron chi connectivity index (χ3n) is 3.32. The molecular formula is C14H17BrN4. The summed E-state index contributed by atoms with van der Waals surface area (Å²) in [5.74, 6) is 0.573. The molecule has 1 aromatic carbocycles. The van der Waals surface area contributed by atoms with Crippen molar-refractivity contribution in [3.8, 4) is 0 Å². The summed E-state index contributed by atoms with van der Waals surface area (Å²) in [6, 6.07) is 6.82. The summed E-state index contributed by atoms with van der Waals surface area (Å²) in [6.07, 6.45) is 5.38. The monoisotopic (exact) mass is 320 g/mol. The number of H-pyrrole nitrogens is 1. The second kappa shape index (κ2) is 5.25. The van der Waals surface area contributed by atoms with E-state index in [1.807, 2.05) is 6.07 Å². The molecule has 100 valence electrons. The third-order valence-corrected chi connectivity index (χ3v) is 3.82. The Kier molecular flexibility index (Phi) is 3.46. The third kappa shape index (κ3) is 3.10. The fraction of sp³-hybridized carbons (Fsp3) is 0.357. The zero-order valence-corrected chi connectivity index (χ0v) is 12.2. The number of nitrogens with two attached hydrogens (primary N) is 1. The van der Waals surface area contributed by atoms with E-state index in [-0.39, 0.29) is 0 Å². The number of aliphatic imine (C=N–C) groups is 1. The first-order chi connectivity index (χ1) is 9.22. The van der Waals surface area contributed by atoms with Crippen LogP contribution in [0, 0.1) is 0 Å². The van der Waals surface area contributed by atoms with Crippen molar-refractivity contribution in [2.24, 2.45) is 10.7 Å². The van der Waals surface area contributed by atoms with Crippen molar-refractivity contribution in [1.82, 2.24) is 10.3 Å². The maximum absolute atomic E-state index is 5.81. The fourth-order valence-electron chi connectivity index (χ4n) is 2.14. The summed E-state index contributed by atoms with van der Waals surface area (Å²) in [6.45, 7) is 0.713. The lowest BCUT2D eigenvalue weighted by atomic mass is 10.1. The molecule has 0 atom stereocenters. The molecule has 0 unspecified atom stereocenters. The zero-order valence-electron chi connectivity index (χ0n) is 10.6. The highest BCUT2D eigenvalue weighted by Crippen LogP contribution is 2.23. The summed E-state index contributed by atoms with van der Waals surface area (Å²) < 4.78 is 1.10. The van der Waals surface area contributed by atoms with Gasteiger partial charge in [-0.05, 0) is 43.0 Å². The van der Waals surface area contributed by atoms with Crippen LogP contribution in [0.15, 0.2) is 33.9 Å². The molecule has 3 rings (SSSR count). The van der Waals surface area contributed by atoms with Crippen LogP contribution in [0.5, 0.6) is 0 Å². The van der Waals surface area contributed by atoms with Crippen molar-refractivity contribution in [2.75, 3.05) is 6.54 Å². The maximum atomic E-state index is 5.81. The first kappa shape index (κ1) is 12.5. The second-order valence-corrected chi connectivity index (χ2v) is 5.86. The van der Waals surface area contributed by atoms with Gasteiger partial charge in [0, 0.05) is 34.2 Å². The lowest BCUT2D eigenvalue weighted by Crippen LogP contribution is -2.33. The van der Waals surface area contributed by atoms with Crippen molar-refractivity contribution in [1.29, 1.82) is 0 Å². The SMILES string of the molecule is NC(=NCCc1c[nH]c2ccc(Br)cc12)NC1CC1. The normalized spacial score (nSPS) is 15.9. The Morgan fingerprint density at radius 3 is 3.11 bits per heavy atom. The van der Waals surface area contributed by atoms with Gasteiger partial charge in [-0.25, -0.2) is 0 Å². The molecule has 1 aromatic heterocycles. The topological polar surface area (TPSA) is 66.2 Å². The van der Waals surface area contributed by atoms with E-state index in [2.05, 4.69) is 49.6 Å². The van der Waals surface area contributed by atoms with E-state index in [9.17, 15) is 0 Å². The van der Waals surface area contributed by atoms with Gasteiger partial charge >= 0.3 is 0 Å². The molecule has 1 fully saturated rings. The summed E-state index contributed by atoms with van der Waals surface area (Å²) in [4.78, 5) is 7.65. The Morgan fingerprint density at radius 2 is 2.32 bits per heavy atom. The Balaban J connectivity index is 1.66. The molecule has 2 aromatic rings. The van der Waals surface area contributed by atoms with Crippen LogP contribution in [0.25, 0.3) is 10.9 Å². The number of aromatic nitrogens is 1. The Morgan fingerprint density at radius 1 is 1.47 bits per heavy atom. The van der Waals surface area contributed by atoms with Gasteiger partial charge in [0.15, 0.2) is 5.96 Å². The van der Waals surface area contributed by atoms with Gasteiger partial charge in [0.1, 0.15) is 0 Å². The molecule has 0 amide bonds. The van der Waals surface area contributed by atoms with E-state index in [1.54, 1.807) is 0 Å². The molecule has 4 N–H and O–H groups in total. The summed E-state index contributed by atoms with van der Waals surface area (Å²) in [5.41, 5.74) is 8.25. The van der Waals surface area contributed by atoms with Gasteiger partial charge in [-0.15, -0.1) is 0 Å². The number of hydrogen-bond acceptors (Lipinski definition) is 1. The van der Waals surface area contributed by atoms with E-state index >= 15 is 0 Å². The number of benzene rings is 1. The molecule has 5 heteroatoms. The summed E-state index contributed by atoms with van der Waals surface area (Å²) in [7, 11) is 0. The average molecular weight is 321 g/mol. The predicted molar refractivity (Wildman–Crippen MR) is 82.3 cm³/mol. The standard InChI is InChI=1S/C14H17BrN4/c15-10-1-4-13-12(7-10)9(8-18-13)5-6-17-14(16)19-11-2-3-11/h1,4,7-8,11,18H,2-3,5-6H2,(H3,16,17,19). The van der Waals surface area contributed by atoms with Gasteiger partial charge < -0.3 is 16.0 Å². The summed E-state index contributed by atoms with van der Waals surface area (Å²) >= 11 is 3.51. The average Bonchev–Trinajstić information content (AvgIpc) is 3.10. The zero-order chi connectivity index (χ0) is 13.2. The molecule has 4 nitrogen and oxygen atoms in total. The van der Waals surface area contributed by atoms with E-state index in [1.165, 1.54) is 23.8 Å². The second-order valence-electron chi connectivity index (χ2n) is 4.94. The number of guanidine groups is 1. The number of rotatable bonds is 4. The van der Waals surface area contributed by atoms with Crippen molar-refractivity contribution >= 4 is 32.8 Å². The summed E-state index contributed by atoms with van der Waals surface area (Å²) in [5, 5.41) is 4.44. The molecule has 1 heterocycles. The number of hydrogen-bond donors (Lipinski definition) is 3. The van der Waals surface area contributed by atoms with E-state index in [0.717, 1.165) is 16.4 Å². The number of nitrogens with zero attached hydrogens (tertiary/aromatic N) is 1. The smallest absolute Gasteiger partial charge is 0.188 e. The highest BCUT2D eigenvalue weighted by atomic mass is 79.9. The van der Waals surface area contributed by atoms with Crippen LogP contribution in [-0.2, 0) is 6.42 Å². The molecule has 1 aliphatic rings. The van der Waals surface area contributed by atoms with Crippen LogP contribution >= 0.6 is 15.9 Å². The minimum Gasteiger partial charge on any atom is -0.370 e. The van der Waals surface area contributed by atoms with E-state index < -0.39 is 0 Å². The molecule has 1 saturated carbocycles. The molecule has 0 aliphatic heterocycles. The number of halogens is 1. The molecule has 1 aliphatic carbocycles. The van der Waals surface area contributed by atoms with Crippen molar-refractivity contribution in [3.05, 3.63) is 34.4 Å². The first-order valence-corrected chi connectivity index (χ1v) is 7.33.